The van der Waals surface area contributed by atoms with Gasteiger partial charge in [0.25, 0.3) is 5.91 Å². The summed E-state index contributed by atoms with van der Waals surface area (Å²) in [6.45, 7) is 2.82. The third kappa shape index (κ3) is 5.54. The molecule has 0 radical (unpaired) electrons. The minimum Gasteiger partial charge on any atom is -0.493 e. The second-order valence-corrected chi connectivity index (χ2v) is 8.89. The minimum absolute atomic E-state index is 0.00480. The summed E-state index contributed by atoms with van der Waals surface area (Å²) in [7, 11) is 2.92. The number of likely N-dealkylation sites (tertiary alicyclic amines) is 1. The molecule has 2 N–H and O–H groups in total. The predicted octanol–water partition coefficient (Wildman–Crippen LogP) is 3.91. The van der Waals surface area contributed by atoms with E-state index in [9.17, 15) is 22.8 Å². The van der Waals surface area contributed by atoms with Gasteiger partial charge in [0.15, 0.2) is 17.5 Å². The van der Waals surface area contributed by atoms with E-state index in [1.54, 1.807) is 30.0 Å². The standard InChI is InChI=1S/C24H30F3N5O5/c1-4-37-23(34)31-9-7-15(8-10-31)29-22(33)16-13-28-32-20(24(25,26)27)12-17(30-21(16)32)14-5-6-18(35-2)19(11-14)36-3/h5-6,11,13,15,17,20,30H,4,7-10,12H2,1-3H3,(H,29,33)/t17-,20+/m0/s1. The Kier molecular flexibility index (Phi) is 7.69. The van der Waals surface area contributed by atoms with Crippen molar-refractivity contribution in [2.45, 2.75) is 50.5 Å². The number of anilines is 1. The number of benzene rings is 1. The first kappa shape index (κ1) is 26.4. The van der Waals surface area contributed by atoms with E-state index in [1.807, 2.05) is 0 Å². The molecule has 202 valence electrons. The van der Waals surface area contributed by atoms with Crippen molar-refractivity contribution in [1.82, 2.24) is 20.0 Å². The van der Waals surface area contributed by atoms with Crippen LogP contribution in [0.3, 0.4) is 0 Å². The first-order chi connectivity index (χ1) is 17.7. The first-order valence-electron chi connectivity index (χ1n) is 12.0. The number of halogens is 3. The van der Waals surface area contributed by atoms with Crippen molar-refractivity contribution < 1.29 is 37.0 Å². The lowest BCUT2D eigenvalue weighted by molar-refractivity contribution is -0.173. The molecule has 2 amide bonds. The number of methoxy groups -OCH3 is 2. The van der Waals surface area contributed by atoms with Crippen LogP contribution in [0.5, 0.6) is 11.5 Å². The maximum absolute atomic E-state index is 14.0. The Balaban J connectivity index is 1.54. The Bertz CT molecular complexity index is 1130. The van der Waals surface area contributed by atoms with Crippen LogP contribution in [0.2, 0.25) is 0 Å². The van der Waals surface area contributed by atoms with Gasteiger partial charge in [-0.15, -0.1) is 0 Å². The molecule has 10 nitrogen and oxygen atoms in total. The van der Waals surface area contributed by atoms with Gasteiger partial charge in [-0.2, -0.15) is 18.3 Å². The van der Waals surface area contributed by atoms with Crippen molar-refractivity contribution in [2.75, 3.05) is 39.2 Å². The van der Waals surface area contributed by atoms with Crippen molar-refractivity contribution in [3.8, 4) is 11.5 Å². The topological polar surface area (TPSA) is 107 Å². The summed E-state index contributed by atoms with van der Waals surface area (Å²) < 4.78 is 58.5. The average Bonchev–Trinajstić information content (AvgIpc) is 3.31. The zero-order valence-corrected chi connectivity index (χ0v) is 20.8. The van der Waals surface area contributed by atoms with Gasteiger partial charge in [0.05, 0.1) is 33.1 Å². The number of hydrogen-bond donors (Lipinski definition) is 2. The summed E-state index contributed by atoms with van der Waals surface area (Å²) in [6, 6.07) is 1.99. The third-order valence-electron chi connectivity index (χ3n) is 6.65. The number of carbonyl (C=O) groups is 2. The fourth-order valence-electron chi connectivity index (χ4n) is 4.70. The van der Waals surface area contributed by atoms with E-state index in [-0.39, 0.29) is 30.5 Å². The highest BCUT2D eigenvalue weighted by atomic mass is 19.4. The van der Waals surface area contributed by atoms with E-state index in [0.29, 0.717) is 43.0 Å². The Morgan fingerprint density at radius 1 is 1.16 bits per heavy atom. The van der Waals surface area contributed by atoms with E-state index in [0.717, 1.165) is 10.9 Å². The maximum Gasteiger partial charge on any atom is 0.410 e. The lowest BCUT2D eigenvalue weighted by atomic mass is 9.96. The number of ether oxygens (including phenoxy) is 3. The van der Waals surface area contributed by atoms with Crippen LogP contribution in [-0.2, 0) is 4.74 Å². The lowest BCUT2D eigenvalue weighted by Gasteiger charge is -2.34. The van der Waals surface area contributed by atoms with Crippen LogP contribution in [0.4, 0.5) is 23.8 Å². The van der Waals surface area contributed by atoms with E-state index in [2.05, 4.69) is 15.7 Å². The molecule has 1 aromatic carbocycles. The molecule has 0 aliphatic carbocycles. The monoisotopic (exact) mass is 525 g/mol. The summed E-state index contributed by atoms with van der Waals surface area (Å²) in [5.41, 5.74) is 0.573. The Morgan fingerprint density at radius 2 is 1.86 bits per heavy atom. The second kappa shape index (κ2) is 10.8. The third-order valence-corrected chi connectivity index (χ3v) is 6.65. The fraction of sp³-hybridized carbons (Fsp3) is 0.542. The molecule has 2 aliphatic rings. The summed E-state index contributed by atoms with van der Waals surface area (Å²) in [6.07, 6.45) is -3.14. The van der Waals surface area contributed by atoms with Crippen molar-refractivity contribution in [3.05, 3.63) is 35.5 Å². The molecular weight excluding hydrogens is 495 g/mol. The number of alkyl halides is 3. The highest BCUT2D eigenvalue weighted by molar-refractivity contribution is 5.99. The van der Waals surface area contributed by atoms with Crippen LogP contribution >= 0.6 is 0 Å². The van der Waals surface area contributed by atoms with Gasteiger partial charge in [-0.1, -0.05) is 6.07 Å². The molecule has 2 aromatic rings. The molecule has 3 heterocycles. The zero-order chi connectivity index (χ0) is 26.7. The Hall–Kier alpha value is -3.64. The number of rotatable bonds is 6. The summed E-state index contributed by atoms with van der Waals surface area (Å²) >= 11 is 0. The van der Waals surface area contributed by atoms with Gasteiger partial charge in [0.1, 0.15) is 11.4 Å². The lowest BCUT2D eigenvalue weighted by Crippen LogP contribution is -2.46. The largest absolute Gasteiger partial charge is 0.493 e. The maximum atomic E-state index is 14.0. The summed E-state index contributed by atoms with van der Waals surface area (Å²) in [4.78, 5) is 26.6. The molecule has 0 spiro atoms. The van der Waals surface area contributed by atoms with Crippen LogP contribution in [0.25, 0.3) is 0 Å². The number of nitrogens with one attached hydrogen (secondary N) is 2. The van der Waals surface area contributed by atoms with Gasteiger partial charge in [0, 0.05) is 25.6 Å². The van der Waals surface area contributed by atoms with E-state index in [4.69, 9.17) is 14.2 Å². The van der Waals surface area contributed by atoms with E-state index >= 15 is 0 Å². The molecule has 2 aliphatic heterocycles. The molecule has 0 saturated carbocycles. The first-order valence-corrected chi connectivity index (χ1v) is 12.0. The molecule has 1 saturated heterocycles. The molecular formula is C24H30F3N5O5. The zero-order valence-electron chi connectivity index (χ0n) is 20.8. The van der Waals surface area contributed by atoms with Crippen LogP contribution in [0.15, 0.2) is 24.4 Å². The smallest absolute Gasteiger partial charge is 0.410 e. The van der Waals surface area contributed by atoms with Gasteiger partial charge in [-0.25, -0.2) is 9.48 Å². The van der Waals surface area contributed by atoms with Crippen molar-refractivity contribution >= 4 is 17.8 Å². The molecule has 4 rings (SSSR count). The van der Waals surface area contributed by atoms with E-state index in [1.165, 1.54) is 14.2 Å². The second-order valence-electron chi connectivity index (χ2n) is 8.89. The number of aromatic nitrogens is 2. The number of fused-ring (bicyclic) bond motifs is 1. The molecule has 37 heavy (non-hydrogen) atoms. The number of amides is 2. The van der Waals surface area contributed by atoms with Crippen LogP contribution in [-0.4, -0.2) is 72.8 Å². The average molecular weight is 526 g/mol. The van der Waals surface area contributed by atoms with Gasteiger partial charge in [-0.05, 0) is 37.5 Å². The van der Waals surface area contributed by atoms with Crippen molar-refractivity contribution in [3.63, 3.8) is 0 Å². The number of hydrogen-bond acceptors (Lipinski definition) is 7. The highest BCUT2D eigenvalue weighted by Crippen LogP contribution is 2.45. The van der Waals surface area contributed by atoms with Crippen LogP contribution < -0.4 is 20.1 Å². The number of carbonyl (C=O) groups excluding carboxylic acids is 2. The molecule has 13 heteroatoms. The molecule has 1 fully saturated rings. The number of piperidine rings is 1. The molecule has 1 aromatic heterocycles. The normalized spacial score (nSPS) is 20.0. The molecule has 0 bridgehead atoms. The van der Waals surface area contributed by atoms with Crippen LogP contribution in [0, 0.1) is 0 Å². The quantitative estimate of drug-likeness (QED) is 0.589. The minimum atomic E-state index is -4.58. The fourth-order valence-corrected chi connectivity index (χ4v) is 4.70. The van der Waals surface area contributed by atoms with Gasteiger partial charge >= 0.3 is 12.3 Å². The Morgan fingerprint density at radius 3 is 2.49 bits per heavy atom. The van der Waals surface area contributed by atoms with E-state index < -0.39 is 30.3 Å². The predicted molar refractivity (Wildman–Crippen MR) is 127 cm³/mol. The summed E-state index contributed by atoms with van der Waals surface area (Å²) in [5, 5.41) is 9.88. The van der Waals surface area contributed by atoms with Crippen molar-refractivity contribution in [2.24, 2.45) is 0 Å². The van der Waals surface area contributed by atoms with Gasteiger partial charge < -0.3 is 29.7 Å². The molecule has 0 unspecified atom stereocenters. The SMILES string of the molecule is CCOC(=O)N1CCC(NC(=O)c2cnn3c2N[C@H](c2ccc(OC)c(OC)c2)C[C@@H]3C(F)(F)F)CC1. The van der Waals surface area contributed by atoms with Crippen molar-refractivity contribution in [1.29, 1.82) is 0 Å². The highest BCUT2D eigenvalue weighted by Gasteiger charge is 2.47. The number of nitrogens with zero attached hydrogens (tertiary/aromatic N) is 3. The molecule has 2 atom stereocenters. The van der Waals surface area contributed by atoms with Gasteiger partial charge in [-0.3, -0.25) is 4.79 Å². The van der Waals surface area contributed by atoms with Crippen LogP contribution in [0.1, 0.15) is 54.2 Å². The van der Waals surface area contributed by atoms with Gasteiger partial charge in [0.2, 0.25) is 0 Å². The summed E-state index contributed by atoms with van der Waals surface area (Å²) in [5.74, 6) is 0.303. The Labute approximate surface area is 212 Å².